The monoisotopic (exact) mass is 335 g/mol. The van der Waals surface area contributed by atoms with E-state index in [1.165, 1.54) is 0 Å². The molecule has 0 aliphatic carbocycles. The van der Waals surface area contributed by atoms with Crippen LogP contribution in [-0.4, -0.2) is 65.7 Å². The van der Waals surface area contributed by atoms with Crippen LogP contribution in [-0.2, 0) is 11.3 Å². The van der Waals surface area contributed by atoms with Crippen molar-refractivity contribution in [3.05, 3.63) is 17.5 Å². The molecule has 1 aromatic rings. The molecule has 3 heterocycles. The summed E-state index contributed by atoms with van der Waals surface area (Å²) in [5.41, 5.74) is 0.917. The van der Waals surface area contributed by atoms with Gasteiger partial charge in [0.15, 0.2) is 0 Å². The summed E-state index contributed by atoms with van der Waals surface area (Å²) >= 11 is 0. The van der Waals surface area contributed by atoms with Crippen molar-refractivity contribution in [3.8, 4) is 0 Å². The summed E-state index contributed by atoms with van der Waals surface area (Å²) in [6.07, 6.45) is 2.63. The average Bonchev–Trinajstić information content (AvgIpc) is 2.87. The Morgan fingerprint density at radius 1 is 1.38 bits per heavy atom. The van der Waals surface area contributed by atoms with Gasteiger partial charge in [0.05, 0.1) is 5.69 Å². The minimum Gasteiger partial charge on any atom is -0.361 e. The molecule has 0 saturated carbocycles. The first kappa shape index (κ1) is 16.8. The second-order valence-electron chi connectivity index (χ2n) is 6.48. The van der Waals surface area contributed by atoms with Gasteiger partial charge in [0.2, 0.25) is 5.91 Å². The van der Waals surface area contributed by atoms with Crippen molar-refractivity contribution in [2.24, 2.45) is 0 Å². The number of hydrogen-bond acceptors (Lipinski definition) is 5. The van der Waals surface area contributed by atoms with E-state index in [9.17, 15) is 9.59 Å². The van der Waals surface area contributed by atoms with Crippen LogP contribution in [0.4, 0.5) is 4.79 Å². The fraction of sp³-hybridized carbons (Fsp3) is 0.688. The summed E-state index contributed by atoms with van der Waals surface area (Å²) in [5.74, 6) is 0.741. The minimum absolute atomic E-state index is 0.0686. The molecule has 8 nitrogen and oxygen atoms in total. The molecule has 0 bridgehead atoms. The van der Waals surface area contributed by atoms with Gasteiger partial charge in [-0.2, -0.15) is 0 Å². The molecule has 2 aliphatic heterocycles. The predicted octanol–water partition coefficient (Wildman–Crippen LogP) is 0.479. The van der Waals surface area contributed by atoms with Crippen molar-refractivity contribution in [1.82, 2.24) is 25.6 Å². The zero-order valence-corrected chi connectivity index (χ0v) is 14.1. The van der Waals surface area contributed by atoms with Crippen molar-refractivity contribution >= 4 is 11.9 Å². The van der Waals surface area contributed by atoms with Gasteiger partial charge in [-0.05, 0) is 26.2 Å². The first-order valence-corrected chi connectivity index (χ1v) is 8.59. The van der Waals surface area contributed by atoms with E-state index >= 15 is 0 Å². The number of aryl methyl sites for hydroxylation is 1. The molecular weight excluding hydrogens is 310 g/mol. The second-order valence-corrected chi connectivity index (χ2v) is 6.48. The van der Waals surface area contributed by atoms with Crippen molar-refractivity contribution in [1.29, 1.82) is 0 Å². The summed E-state index contributed by atoms with van der Waals surface area (Å²) in [5, 5.41) is 9.72. The number of amides is 3. The number of nitrogens with one attached hydrogen (secondary N) is 2. The van der Waals surface area contributed by atoms with E-state index in [1.54, 1.807) is 4.90 Å². The fourth-order valence-corrected chi connectivity index (χ4v) is 3.15. The van der Waals surface area contributed by atoms with Gasteiger partial charge in [0.1, 0.15) is 11.8 Å². The van der Waals surface area contributed by atoms with E-state index in [0.29, 0.717) is 26.1 Å². The molecule has 2 saturated heterocycles. The molecule has 0 spiro atoms. The maximum Gasteiger partial charge on any atom is 0.318 e. The standard InChI is InChI=1S/C16H25N5O3/c1-12-10-13(19-24-12)11-20-6-8-21(9-7-20)16(23)18-14-4-2-3-5-17-15(14)22/h10,14H,2-9,11H2,1H3,(H,17,22)(H,18,23)/t14-/m0/s1. The van der Waals surface area contributed by atoms with Crippen LogP contribution >= 0.6 is 0 Å². The van der Waals surface area contributed by atoms with Crippen LogP contribution in [0.5, 0.6) is 0 Å². The topological polar surface area (TPSA) is 90.7 Å². The largest absolute Gasteiger partial charge is 0.361 e. The van der Waals surface area contributed by atoms with E-state index in [-0.39, 0.29) is 11.9 Å². The van der Waals surface area contributed by atoms with Gasteiger partial charge in [0, 0.05) is 45.3 Å². The van der Waals surface area contributed by atoms with Crippen LogP contribution in [0.15, 0.2) is 10.6 Å². The number of carbonyl (C=O) groups is 2. The van der Waals surface area contributed by atoms with Gasteiger partial charge in [-0.1, -0.05) is 5.16 Å². The Bertz CT molecular complexity index is 580. The fourth-order valence-electron chi connectivity index (χ4n) is 3.15. The van der Waals surface area contributed by atoms with Gasteiger partial charge < -0.3 is 20.1 Å². The maximum atomic E-state index is 12.4. The zero-order valence-electron chi connectivity index (χ0n) is 14.1. The lowest BCUT2D eigenvalue weighted by atomic mass is 10.1. The normalized spacial score (nSPS) is 22.8. The number of nitrogens with zero attached hydrogens (tertiary/aromatic N) is 3. The quantitative estimate of drug-likeness (QED) is 0.838. The molecule has 0 unspecified atom stereocenters. The molecular formula is C16H25N5O3. The van der Waals surface area contributed by atoms with Crippen LogP contribution in [0.3, 0.4) is 0 Å². The van der Waals surface area contributed by atoms with Crippen LogP contribution in [0.1, 0.15) is 30.7 Å². The molecule has 0 radical (unpaired) electrons. The molecule has 24 heavy (non-hydrogen) atoms. The highest BCUT2D eigenvalue weighted by molar-refractivity contribution is 5.87. The van der Waals surface area contributed by atoms with Gasteiger partial charge in [-0.3, -0.25) is 9.69 Å². The minimum atomic E-state index is -0.406. The van der Waals surface area contributed by atoms with Crippen LogP contribution in [0.2, 0.25) is 0 Å². The number of rotatable bonds is 3. The summed E-state index contributed by atoms with van der Waals surface area (Å²) in [7, 11) is 0. The Hall–Kier alpha value is -2.09. The van der Waals surface area contributed by atoms with Crippen LogP contribution in [0, 0.1) is 6.92 Å². The number of aromatic nitrogens is 1. The van der Waals surface area contributed by atoms with E-state index in [4.69, 9.17) is 4.52 Å². The zero-order chi connectivity index (χ0) is 16.9. The number of carbonyl (C=O) groups excluding carboxylic acids is 2. The summed E-state index contributed by atoms with van der Waals surface area (Å²) in [6.45, 7) is 6.19. The molecule has 132 valence electrons. The molecule has 0 aromatic carbocycles. The third-order valence-corrected chi connectivity index (χ3v) is 4.55. The Balaban J connectivity index is 1.45. The first-order valence-electron chi connectivity index (χ1n) is 8.59. The Kier molecular flexibility index (Phi) is 5.34. The first-order chi connectivity index (χ1) is 11.6. The lowest BCUT2D eigenvalue weighted by molar-refractivity contribution is -0.122. The highest BCUT2D eigenvalue weighted by Gasteiger charge is 2.27. The highest BCUT2D eigenvalue weighted by Crippen LogP contribution is 2.10. The molecule has 8 heteroatoms. The summed E-state index contributed by atoms with van der Waals surface area (Å²) in [4.78, 5) is 28.3. The van der Waals surface area contributed by atoms with Gasteiger partial charge >= 0.3 is 6.03 Å². The Morgan fingerprint density at radius 2 is 2.17 bits per heavy atom. The van der Waals surface area contributed by atoms with Crippen molar-refractivity contribution in [2.45, 2.75) is 38.8 Å². The van der Waals surface area contributed by atoms with E-state index in [1.807, 2.05) is 13.0 Å². The van der Waals surface area contributed by atoms with E-state index < -0.39 is 6.04 Å². The van der Waals surface area contributed by atoms with Gasteiger partial charge in [-0.15, -0.1) is 0 Å². The highest BCUT2D eigenvalue weighted by atomic mass is 16.5. The molecule has 1 atom stereocenters. The number of urea groups is 1. The second kappa shape index (κ2) is 7.65. The molecule has 2 fully saturated rings. The van der Waals surface area contributed by atoms with Crippen LogP contribution < -0.4 is 10.6 Å². The lowest BCUT2D eigenvalue weighted by Gasteiger charge is -2.34. The van der Waals surface area contributed by atoms with Gasteiger partial charge in [0.25, 0.3) is 0 Å². The molecule has 2 N–H and O–H groups in total. The van der Waals surface area contributed by atoms with E-state index in [2.05, 4.69) is 20.7 Å². The third-order valence-electron chi connectivity index (χ3n) is 4.55. The van der Waals surface area contributed by atoms with Crippen molar-refractivity contribution in [2.75, 3.05) is 32.7 Å². The van der Waals surface area contributed by atoms with Gasteiger partial charge in [-0.25, -0.2) is 4.79 Å². The van der Waals surface area contributed by atoms with E-state index in [0.717, 1.165) is 43.9 Å². The Morgan fingerprint density at radius 3 is 2.88 bits per heavy atom. The molecule has 2 aliphatic rings. The number of piperazine rings is 1. The van der Waals surface area contributed by atoms with Crippen LogP contribution in [0.25, 0.3) is 0 Å². The average molecular weight is 335 g/mol. The smallest absolute Gasteiger partial charge is 0.318 e. The molecule has 3 rings (SSSR count). The molecule has 1 aromatic heterocycles. The number of hydrogen-bond donors (Lipinski definition) is 2. The third kappa shape index (κ3) is 4.25. The maximum absolute atomic E-state index is 12.4. The predicted molar refractivity (Wildman–Crippen MR) is 87.3 cm³/mol. The summed E-state index contributed by atoms with van der Waals surface area (Å²) < 4.78 is 5.08. The van der Waals surface area contributed by atoms with Crippen molar-refractivity contribution < 1.29 is 14.1 Å². The Labute approximate surface area is 141 Å². The summed E-state index contributed by atoms with van der Waals surface area (Å²) in [6, 6.07) is 1.38. The van der Waals surface area contributed by atoms with Crippen molar-refractivity contribution in [3.63, 3.8) is 0 Å². The SMILES string of the molecule is Cc1cc(CN2CCN(C(=O)N[C@H]3CCCCNC3=O)CC2)no1. The lowest BCUT2D eigenvalue weighted by Crippen LogP contribution is -2.55. The molecule has 3 amide bonds.